The number of aryl methyl sites for hydroxylation is 1. The molecule has 4 heterocycles. The quantitative estimate of drug-likeness (QED) is 0.257. The number of ether oxygens (including phenoxy) is 1. The second-order valence-electron chi connectivity index (χ2n) is 10.3. The van der Waals surface area contributed by atoms with Gasteiger partial charge in [-0.05, 0) is 73.6 Å². The number of pyridine rings is 1. The van der Waals surface area contributed by atoms with Gasteiger partial charge in [0.1, 0.15) is 11.3 Å². The number of aromatic nitrogens is 4. The molecule has 0 bridgehead atoms. The van der Waals surface area contributed by atoms with Crippen LogP contribution in [0.5, 0.6) is 11.6 Å². The van der Waals surface area contributed by atoms with Crippen molar-refractivity contribution in [3.8, 4) is 23.0 Å². The van der Waals surface area contributed by atoms with Crippen LogP contribution in [0.25, 0.3) is 22.4 Å². The van der Waals surface area contributed by atoms with Gasteiger partial charge in [-0.3, -0.25) is 14.7 Å². The molecule has 5 aromatic rings. The number of amides is 1. The molecule has 208 valence electrons. The molecule has 1 amide bonds. The maximum atomic E-state index is 13.3. The number of likely N-dealkylation sites (N-methyl/N-ethyl adjacent to an activating group) is 1. The largest absolute Gasteiger partial charge is 0.437 e. The number of H-pyrrole nitrogens is 1. The Hall–Kier alpha value is -4.31. The number of carbonyl (C=O) groups is 1. The van der Waals surface area contributed by atoms with Crippen LogP contribution in [-0.2, 0) is 6.54 Å². The van der Waals surface area contributed by atoms with Crippen LogP contribution < -0.4 is 10.1 Å². The Balaban J connectivity index is 1.20. The Labute approximate surface area is 243 Å². The van der Waals surface area contributed by atoms with E-state index in [-0.39, 0.29) is 5.91 Å². The van der Waals surface area contributed by atoms with Crippen LogP contribution in [0.4, 0.5) is 5.69 Å². The van der Waals surface area contributed by atoms with E-state index in [0.29, 0.717) is 44.8 Å². The second kappa shape index (κ2) is 11.7. The molecule has 0 atom stereocenters. The van der Waals surface area contributed by atoms with E-state index < -0.39 is 0 Å². The minimum Gasteiger partial charge on any atom is -0.437 e. The van der Waals surface area contributed by atoms with Crippen LogP contribution in [0.3, 0.4) is 0 Å². The Morgan fingerprint density at radius 3 is 2.71 bits per heavy atom. The Kier molecular flexibility index (Phi) is 7.65. The lowest BCUT2D eigenvalue weighted by molar-refractivity contribution is 0.102. The number of carbonyl (C=O) groups excluding carboxylic acids is 1. The molecule has 1 aliphatic rings. The van der Waals surface area contributed by atoms with E-state index in [2.05, 4.69) is 55.1 Å². The number of benzene rings is 2. The van der Waals surface area contributed by atoms with Gasteiger partial charge in [-0.1, -0.05) is 17.7 Å². The van der Waals surface area contributed by atoms with Crippen LogP contribution >= 0.6 is 11.6 Å². The Bertz CT molecular complexity index is 1700. The summed E-state index contributed by atoms with van der Waals surface area (Å²) in [5.41, 5.74) is 5.51. The van der Waals surface area contributed by atoms with E-state index in [4.69, 9.17) is 16.3 Å². The number of anilines is 1. The molecule has 1 aliphatic heterocycles. The van der Waals surface area contributed by atoms with E-state index in [1.54, 1.807) is 36.8 Å². The molecular formula is C31H30ClN7O2. The summed E-state index contributed by atoms with van der Waals surface area (Å²) in [7, 11) is 2.16. The van der Waals surface area contributed by atoms with E-state index in [0.717, 1.165) is 43.9 Å². The minimum absolute atomic E-state index is 0.299. The summed E-state index contributed by atoms with van der Waals surface area (Å²) in [4.78, 5) is 34.6. The van der Waals surface area contributed by atoms with Crippen molar-refractivity contribution in [2.75, 3.05) is 38.5 Å². The summed E-state index contributed by atoms with van der Waals surface area (Å²) < 4.78 is 6.17. The summed E-state index contributed by atoms with van der Waals surface area (Å²) in [6.07, 6.45) is 5.17. The first kappa shape index (κ1) is 26.9. The first-order chi connectivity index (χ1) is 19.9. The van der Waals surface area contributed by atoms with Crippen molar-refractivity contribution in [2.45, 2.75) is 13.5 Å². The molecule has 0 unspecified atom stereocenters. The highest BCUT2D eigenvalue weighted by Gasteiger charge is 2.18. The smallest absolute Gasteiger partial charge is 0.257 e. The number of aromatic amines is 1. The average molecular weight is 568 g/mol. The molecule has 10 heteroatoms. The van der Waals surface area contributed by atoms with Gasteiger partial charge in [0, 0.05) is 62.6 Å². The number of nitrogens with zero attached hydrogens (tertiary/aromatic N) is 5. The molecule has 0 spiro atoms. The number of hydrogen-bond acceptors (Lipinski definition) is 7. The zero-order valence-corrected chi connectivity index (χ0v) is 23.7. The highest BCUT2D eigenvalue weighted by Crippen LogP contribution is 2.31. The van der Waals surface area contributed by atoms with Gasteiger partial charge < -0.3 is 19.9 Å². The summed E-state index contributed by atoms with van der Waals surface area (Å²) in [5, 5.41) is 3.31. The monoisotopic (exact) mass is 567 g/mol. The fourth-order valence-electron chi connectivity index (χ4n) is 4.86. The van der Waals surface area contributed by atoms with Gasteiger partial charge in [0.25, 0.3) is 5.91 Å². The maximum Gasteiger partial charge on any atom is 0.257 e. The molecule has 0 aliphatic carbocycles. The minimum atomic E-state index is -0.324. The van der Waals surface area contributed by atoms with E-state index >= 15 is 0 Å². The van der Waals surface area contributed by atoms with Crippen molar-refractivity contribution in [2.24, 2.45) is 0 Å². The maximum absolute atomic E-state index is 13.3. The summed E-state index contributed by atoms with van der Waals surface area (Å²) in [6.45, 7) is 7.25. The van der Waals surface area contributed by atoms with Gasteiger partial charge >= 0.3 is 0 Å². The molecule has 3 aromatic heterocycles. The number of fused-ring (bicyclic) bond motifs is 1. The Morgan fingerprint density at radius 1 is 1.07 bits per heavy atom. The van der Waals surface area contributed by atoms with Crippen molar-refractivity contribution in [3.63, 3.8) is 0 Å². The van der Waals surface area contributed by atoms with Crippen LogP contribution in [0.15, 0.2) is 73.2 Å². The van der Waals surface area contributed by atoms with Crippen LogP contribution in [0, 0.1) is 6.92 Å². The number of halogens is 1. The second-order valence-corrected chi connectivity index (χ2v) is 10.7. The molecule has 1 fully saturated rings. The predicted octanol–water partition coefficient (Wildman–Crippen LogP) is 5.77. The van der Waals surface area contributed by atoms with Crippen molar-refractivity contribution in [1.29, 1.82) is 0 Å². The van der Waals surface area contributed by atoms with Crippen molar-refractivity contribution >= 4 is 34.2 Å². The summed E-state index contributed by atoms with van der Waals surface area (Å²) in [5.74, 6) is 0.915. The molecule has 41 heavy (non-hydrogen) atoms. The summed E-state index contributed by atoms with van der Waals surface area (Å²) >= 11 is 6.45. The third kappa shape index (κ3) is 6.07. The van der Waals surface area contributed by atoms with Gasteiger partial charge in [-0.2, -0.15) is 4.98 Å². The molecule has 0 radical (unpaired) electrons. The standard InChI is InChI=1S/C31H30ClN7O2/c1-20-16-23(6-5-22(20)19-39-14-12-38(2)13-15-39)35-30(40)25-17-24(7-8-26(25)32)41-31-28-27(9-11-34-28)36-29(37-31)21-4-3-10-33-18-21/h3-11,16-18,34H,12-15,19H2,1-2H3,(H,35,40). The molecule has 9 nitrogen and oxygen atoms in total. The van der Waals surface area contributed by atoms with E-state index in [1.807, 2.05) is 30.3 Å². The van der Waals surface area contributed by atoms with Gasteiger partial charge in [0.05, 0.1) is 16.1 Å². The zero-order valence-electron chi connectivity index (χ0n) is 22.9. The molecule has 0 saturated carbocycles. The first-order valence-electron chi connectivity index (χ1n) is 13.5. The molecular weight excluding hydrogens is 538 g/mol. The lowest BCUT2D eigenvalue weighted by atomic mass is 10.1. The average Bonchev–Trinajstić information content (AvgIpc) is 3.46. The highest BCUT2D eigenvalue weighted by atomic mass is 35.5. The fraction of sp³-hybridized carbons (Fsp3) is 0.226. The topological polar surface area (TPSA) is 99.3 Å². The van der Waals surface area contributed by atoms with Crippen molar-refractivity contribution in [3.05, 3.63) is 94.9 Å². The molecule has 6 rings (SSSR count). The number of nitrogens with one attached hydrogen (secondary N) is 2. The number of hydrogen-bond donors (Lipinski definition) is 2. The van der Waals surface area contributed by atoms with Crippen LogP contribution in [0.2, 0.25) is 5.02 Å². The SMILES string of the molecule is Cc1cc(NC(=O)c2cc(Oc3nc(-c4cccnc4)nc4cc[nH]c34)ccc2Cl)ccc1CN1CCN(C)CC1. The lowest BCUT2D eigenvalue weighted by Gasteiger charge is -2.32. The normalized spacial score (nSPS) is 14.3. The molecule has 2 aromatic carbocycles. The lowest BCUT2D eigenvalue weighted by Crippen LogP contribution is -2.43. The first-order valence-corrected chi connectivity index (χ1v) is 13.9. The fourth-order valence-corrected chi connectivity index (χ4v) is 5.07. The van der Waals surface area contributed by atoms with E-state index in [1.165, 1.54) is 5.56 Å². The molecule has 1 saturated heterocycles. The number of rotatable bonds is 7. The van der Waals surface area contributed by atoms with Crippen molar-refractivity contribution in [1.82, 2.24) is 29.7 Å². The third-order valence-electron chi connectivity index (χ3n) is 7.28. The van der Waals surface area contributed by atoms with Gasteiger partial charge in [0.2, 0.25) is 5.88 Å². The zero-order chi connectivity index (χ0) is 28.3. The summed E-state index contributed by atoms with van der Waals surface area (Å²) in [6, 6.07) is 16.6. The van der Waals surface area contributed by atoms with Crippen molar-refractivity contribution < 1.29 is 9.53 Å². The van der Waals surface area contributed by atoms with Gasteiger partial charge in [-0.15, -0.1) is 0 Å². The third-order valence-corrected chi connectivity index (χ3v) is 7.61. The number of piperazine rings is 1. The molecule has 2 N–H and O–H groups in total. The predicted molar refractivity (Wildman–Crippen MR) is 161 cm³/mol. The van der Waals surface area contributed by atoms with Crippen LogP contribution in [0.1, 0.15) is 21.5 Å². The van der Waals surface area contributed by atoms with Gasteiger partial charge in [-0.25, -0.2) is 4.98 Å². The van der Waals surface area contributed by atoms with Crippen LogP contribution in [-0.4, -0.2) is 68.9 Å². The van der Waals surface area contributed by atoms with E-state index in [9.17, 15) is 4.79 Å². The highest BCUT2D eigenvalue weighted by molar-refractivity contribution is 6.34. The Morgan fingerprint density at radius 2 is 1.93 bits per heavy atom. The van der Waals surface area contributed by atoms with Gasteiger partial charge in [0.15, 0.2) is 5.82 Å².